The number of hydrogen-bond donors (Lipinski definition) is 0. The molecule has 106 valence electrons. The highest BCUT2D eigenvalue weighted by atomic mass is 19.1. The first-order valence-electron chi connectivity index (χ1n) is 6.42. The van der Waals surface area contributed by atoms with Crippen LogP contribution in [-0.4, -0.2) is 10.4 Å². The van der Waals surface area contributed by atoms with Crippen molar-refractivity contribution in [2.75, 3.05) is 0 Å². The lowest BCUT2D eigenvalue weighted by Crippen LogP contribution is -2.08. The van der Waals surface area contributed by atoms with Crippen molar-refractivity contribution in [2.45, 2.75) is 6.42 Å². The Hall–Kier alpha value is -2.69. The summed E-state index contributed by atoms with van der Waals surface area (Å²) >= 11 is 0. The molecule has 0 amide bonds. The van der Waals surface area contributed by atoms with Gasteiger partial charge in [-0.1, -0.05) is 12.1 Å². The average molecular weight is 285 g/mol. The number of halogens is 1. The Morgan fingerprint density at radius 2 is 1.90 bits per heavy atom. The fraction of sp³-hybridized carbons (Fsp3) is 0.125. The summed E-state index contributed by atoms with van der Waals surface area (Å²) in [6.07, 6.45) is 0.169. The third-order valence-electron chi connectivity index (χ3n) is 3.39. The summed E-state index contributed by atoms with van der Waals surface area (Å²) in [6.45, 7) is 0. The van der Waals surface area contributed by atoms with E-state index in [2.05, 4.69) is 0 Å². The highest BCUT2D eigenvalue weighted by Gasteiger charge is 2.11. The van der Waals surface area contributed by atoms with Crippen molar-refractivity contribution in [3.63, 3.8) is 0 Å². The van der Waals surface area contributed by atoms with Crippen LogP contribution < -0.4 is 5.76 Å². The van der Waals surface area contributed by atoms with Crippen LogP contribution in [0.5, 0.6) is 0 Å². The molecule has 4 nitrogen and oxygen atoms in total. The minimum atomic E-state index is -0.465. The standard InChI is InChI=1S/C16H12FNO3/c1-18-13-7-4-11(9-15(13)21-16(18)20)14(19)8-10-2-5-12(17)6-3-10/h2-7,9H,8H2,1H3. The van der Waals surface area contributed by atoms with E-state index in [1.165, 1.54) is 16.7 Å². The number of nitrogens with zero attached hydrogens (tertiary/aromatic N) is 1. The fourth-order valence-corrected chi connectivity index (χ4v) is 2.20. The van der Waals surface area contributed by atoms with E-state index in [0.717, 1.165) is 5.56 Å². The van der Waals surface area contributed by atoms with Gasteiger partial charge >= 0.3 is 5.76 Å². The molecule has 0 atom stereocenters. The lowest BCUT2D eigenvalue weighted by molar-refractivity contribution is 0.0993. The molecular weight excluding hydrogens is 273 g/mol. The number of ketones is 1. The molecule has 3 aromatic rings. The average Bonchev–Trinajstić information content (AvgIpc) is 2.76. The second-order valence-corrected chi connectivity index (χ2v) is 4.84. The monoisotopic (exact) mass is 285 g/mol. The van der Waals surface area contributed by atoms with Crippen molar-refractivity contribution in [1.82, 2.24) is 4.57 Å². The quantitative estimate of drug-likeness (QED) is 0.695. The molecule has 2 aromatic carbocycles. The first-order chi connectivity index (χ1) is 10.0. The Labute approximate surface area is 119 Å². The number of fused-ring (bicyclic) bond motifs is 1. The Balaban J connectivity index is 1.91. The van der Waals surface area contributed by atoms with E-state index in [0.29, 0.717) is 16.7 Å². The summed E-state index contributed by atoms with van der Waals surface area (Å²) < 4.78 is 19.3. The van der Waals surface area contributed by atoms with E-state index in [-0.39, 0.29) is 18.0 Å². The van der Waals surface area contributed by atoms with Crippen LogP contribution >= 0.6 is 0 Å². The number of carbonyl (C=O) groups is 1. The zero-order valence-electron chi connectivity index (χ0n) is 11.3. The van der Waals surface area contributed by atoms with Gasteiger partial charge in [0.1, 0.15) is 5.82 Å². The van der Waals surface area contributed by atoms with E-state index in [4.69, 9.17) is 4.42 Å². The van der Waals surface area contributed by atoms with Crippen molar-refractivity contribution in [2.24, 2.45) is 7.05 Å². The van der Waals surface area contributed by atoms with Crippen LogP contribution in [0.4, 0.5) is 4.39 Å². The Bertz CT molecular complexity index is 875. The molecule has 0 aliphatic carbocycles. The van der Waals surface area contributed by atoms with Crippen molar-refractivity contribution in [3.05, 3.63) is 70.0 Å². The first kappa shape index (κ1) is 13.3. The molecule has 0 fully saturated rings. The van der Waals surface area contributed by atoms with Gasteiger partial charge in [0.25, 0.3) is 0 Å². The Kier molecular flexibility index (Phi) is 3.17. The number of Topliss-reactive ketones (excluding diaryl/α,β-unsaturated/α-hetero) is 1. The number of benzene rings is 2. The summed E-state index contributed by atoms with van der Waals surface area (Å²) in [5.41, 5.74) is 2.21. The van der Waals surface area contributed by atoms with E-state index < -0.39 is 5.76 Å². The van der Waals surface area contributed by atoms with Crippen LogP contribution in [-0.2, 0) is 13.5 Å². The van der Waals surface area contributed by atoms with Gasteiger partial charge in [-0.25, -0.2) is 9.18 Å². The molecular formula is C16H12FNO3. The molecule has 0 saturated heterocycles. The minimum absolute atomic E-state index is 0.116. The largest absolute Gasteiger partial charge is 0.419 e. The van der Waals surface area contributed by atoms with Gasteiger partial charge in [0.05, 0.1) is 5.52 Å². The summed E-state index contributed by atoms with van der Waals surface area (Å²) in [6, 6.07) is 10.7. The molecule has 3 rings (SSSR count). The van der Waals surface area contributed by atoms with Gasteiger partial charge in [0.2, 0.25) is 0 Å². The van der Waals surface area contributed by atoms with E-state index in [1.807, 2.05) is 0 Å². The van der Waals surface area contributed by atoms with Crippen LogP contribution in [0.3, 0.4) is 0 Å². The molecule has 0 spiro atoms. The van der Waals surface area contributed by atoms with Crippen LogP contribution in [0.25, 0.3) is 11.1 Å². The highest BCUT2D eigenvalue weighted by Crippen LogP contribution is 2.16. The summed E-state index contributed by atoms with van der Waals surface area (Å²) in [5, 5.41) is 0. The molecule has 0 aliphatic heterocycles. The van der Waals surface area contributed by atoms with Gasteiger partial charge in [-0.15, -0.1) is 0 Å². The van der Waals surface area contributed by atoms with Gasteiger partial charge in [-0.05, 0) is 35.9 Å². The lowest BCUT2D eigenvalue weighted by Gasteiger charge is -2.02. The van der Waals surface area contributed by atoms with Gasteiger partial charge in [0.15, 0.2) is 11.4 Å². The molecule has 1 aromatic heterocycles. The minimum Gasteiger partial charge on any atom is -0.408 e. The number of hydrogen-bond acceptors (Lipinski definition) is 3. The van der Waals surface area contributed by atoms with E-state index >= 15 is 0 Å². The molecule has 0 radical (unpaired) electrons. The highest BCUT2D eigenvalue weighted by molar-refractivity contribution is 5.99. The second-order valence-electron chi connectivity index (χ2n) is 4.84. The Morgan fingerprint density at radius 1 is 1.19 bits per heavy atom. The number of rotatable bonds is 3. The van der Waals surface area contributed by atoms with Crippen LogP contribution in [0.1, 0.15) is 15.9 Å². The number of carbonyl (C=O) groups excluding carboxylic acids is 1. The Morgan fingerprint density at radius 3 is 2.62 bits per heavy atom. The third kappa shape index (κ3) is 2.50. The molecule has 0 aliphatic rings. The van der Waals surface area contributed by atoms with Crippen LogP contribution in [0.15, 0.2) is 51.7 Å². The number of aryl methyl sites for hydroxylation is 1. The van der Waals surface area contributed by atoms with Crippen molar-refractivity contribution in [1.29, 1.82) is 0 Å². The SMILES string of the molecule is Cn1c(=O)oc2cc(C(=O)Cc3ccc(F)cc3)ccc21. The molecule has 1 heterocycles. The summed E-state index contributed by atoms with van der Waals surface area (Å²) in [4.78, 5) is 23.6. The maximum atomic E-state index is 12.8. The smallest absolute Gasteiger partial charge is 0.408 e. The first-order valence-corrected chi connectivity index (χ1v) is 6.42. The molecule has 5 heteroatoms. The second kappa shape index (κ2) is 5.01. The van der Waals surface area contributed by atoms with Gasteiger partial charge in [0, 0.05) is 19.0 Å². The lowest BCUT2D eigenvalue weighted by atomic mass is 10.0. The summed E-state index contributed by atoms with van der Waals surface area (Å²) in [7, 11) is 1.61. The zero-order chi connectivity index (χ0) is 15.0. The van der Waals surface area contributed by atoms with Gasteiger partial charge < -0.3 is 4.42 Å². The molecule has 0 bridgehead atoms. The third-order valence-corrected chi connectivity index (χ3v) is 3.39. The zero-order valence-corrected chi connectivity index (χ0v) is 11.3. The van der Waals surface area contributed by atoms with E-state index in [9.17, 15) is 14.0 Å². The molecule has 0 unspecified atom stereocenters. The molecule has 0 N–H and O–H groups in total. The predicted octanol–water partition coefficient (Wildman–Crippen LogP) is 2.70. The number of oxazole rings is 1. The normalized spacial score (nSPS) is 11.0. The topological polar surface area (TPSA) is 52.2 Å². The van der Waals surface area contributed by atoms with Gasteiger partial charge in [-0.2, -0.15) is 0 Å². The summed E-state index contributed by atoms with van der Waals surface area (Å²) in [5.74, 6) is -0.915. The number of aromatic nitrogens is 1. The van der Waals surface area contributed by atoms with Crippen LogP contribution in [0.2, 0.25) is 0 Å². The maximum absolute atomic E-state index is 12.8. The van der Waals surface area contributed by atoms with Gasteiger partial charge in [-0.3, -0.25) is 9.36 Å². The fourth-order valence-electron chi connectivity index (χ4n) is 2.20. The molecule has 0 saturated carbocycles. The molecule has 21 heavy (non-hydrogen) atoms. The van der Waals surface area contributed by atoms with Crippen molar-refractivity contribution < 1.29 is 13.6 Å². The maximum Gasteiger partial charge on any atom is 0.419 e. The van der Waals surface area contributed by atoms with E-state index in [1.54, 1.807) is 37.4 Å². The van der Waals surface area contributed by atoms with Crippen molar-refractivity contribution >= 4 is 16.9 Å². The van der Waals surface area contributed by atoms with Crippen molar-refractivity contribution in [3.8, 4) is 0 Å². The predicted molar refractivity (Wildman–Crippen MR) is 75.9 cm³/mol. The van der Waals surface area contributed by atoms with Crippen LogP contribution in [0, 0.1) is 5.82 Å².